The molecule has 0 aliphatic rings. The van der Waals surface area contributed by atoms with Gasteiger partial charge in [-0.05, 0) is 31.5 Å². The Balaban J connectivity index is 2.95. The van der Waals surface area contributed by atoms with Crippen molar-refractivity contribution in [1.82, 2.24) is 4.98 Å². The van der Waals surface area contributed by atoms with Gasteiger partial charge in [0.05, 0.1) is 0 Å². The van der Waals surface area contributed by atoms with Crippen LogP contribution in [0.3, 0.4) is 0 Å². The highest BCUT2D eigenvalue weighted by Crippen LogP contribution is 2.01. The lowest BCUT2D eigenvalue weighted by atomic mass is 10.2. The van der Waals surface area contributed by atoms with Gasteiger partial charge in [-0.2, -0.15) is 0 Å². The van der Waals surface area contributed by atoms with Crippen LogP contribution in [0.15, 0.2) is 24.4 Å². The SMILES string of the molecule is C/C=C/c1ccnc(C)c1. The minimum atomic E-state index is 1.07. The summed E-state index contributed by atoms with van der Waals surface area (Å²) in [5.74, 6) is 0. The number of hydrogen-bond acceptors (Lipinski definition) is 1. The Morgan fingerprint density at radius 1 is 1.50 bits per heavy atom. The topological polar surface area (TPSA) is 12.9 Å². The first-order valence-electron chi connectivity index (χ1n) is 3.38. The largest absolute Gasteiger partial charge is 0.262 e. The molecule has 0 amide bonds. The molecule has 1 rings (SSSR count). The van der Waals surface area contributed by atoms with E-state index in [1.165, 1.54) is 5.56 Å². The van der Waals surface area contributed by atoms with E-state index in [9.17, 15) is 0 Å². The average molecular weight is 133 g/mol. The van der Waals surface area contributed by atoms with Crippen molar-refractivity contribution < 1.29 is 0 Å². The Kier molecular flexibility index (Phi) is 2.21. The fraction of sp³-hybridized carbons (Fsp3) is 0.222. The molecule has 0 radical (unpaired) electrons. The summed E-state index contributed by atoms with van der Waals surface area (Å²) in [4.78, 5) is 4.09. The molecule has 0 aliphatic carbocycles. The van der Waals surface area contributed by atoms with Crippen molar-refractivity contribution in [3.8, 4) is 0 Å². The van der Waals surface area contributed by atoms with Gasteiger partial charge in [-0.25, -0.2) is 0 Å². The maximum atomic E-state index is 4.09. The van der Waals surface area contributed by atoms with E-state index in [2.05, 4.69) is 17.1 Å². The van der Waals surface area contributed by atoms with E-state index in [0.717, 1.165) is 5.69 Å². The van der Waals surface area contributed by atoms with E-state index in [0.29, 0.717) is 0 Å². The Bertz CT molecular complexity index is 238. The van der Waals surface area contributed by atoms with Crippen LogP contribution in [0.5, 0.6) is 0 Å². The monoisotopic (exact) mass is 133 g/mol. The van der Waals surface area contributed by atoms with Gasteiger partial charge in [0.25, 0.3) is 0 Å². The molecule has 52 valence electrons. The highest BCUT2D eigenvalue weighted by atomic mass is 14.6. The quantitative estimate of drug-likeness (QED) is 0.573. The summed E-state index contributed by atoms with van der Waals surface area (Å²) in [7, 11) is 0. The zero-order valence-corrected chi connectivity index (χ0v) is 6.33. The first-order chi connectivity index (χ1) is 4.83. The van der Waals surface area contributed by atoms with E-state index in [1.54, 1.807) is 0 Å². The molecular formula is C9H11N. The second kappa shape index (κ2) is 3.16. The summed E-state index contributed by atoms with van der Waals surface area (Å²) in [6.45, 7) is 4.00. The lowest BCUT2D eigenvalue weighted by molar-refractivity contribution is 1.20. The van der Waals surface area contributed by atoms with Gasteiger partial charge < -0.3 is 0 Å². The molecule has 10 heavy (non-hydrogen) atoms. The fourth-order valence-corrected chi connectivity index (χ4v) is 0.864. The van der Waals surface area contributed by atoms with Crippen molar-refractivity contribution in [3.63, 3.8) is 0 Å². The van der Waals surface area contributed by atoms with Crippen LogP contribution in [0.25, 0.3) is 6.08 Å². The van der Waals surface area contributed by atoms with Crippen LogP contribution >= 0.6 is 0 Å². The van der Waals surface area contributed by atoms with Crippen LogP contribution in [-0.2, 0) is 0 Å². The number of aryl methyl sites for hydroxylation is 1. The predicted octanol–water partition coefficient (Wildman–Crippen LogP) is 2.42. The van der Waals surface area contributed by atoms with Crippen LogP contribution in [0, 0.1) is 6.92 Å². The second-order valence-corrected chi connectivity index (χ2v) is 2.23. The smallest absolute Gasteiger partial charge is 0.0378 e. The first kappa shape index (κ1) is 7.00. The molecule has 1 heteroatoms. The molecule has 1 heterocycles. The molecule has 0 saturated carbocycles. The number of allylic oxidation sites excluding steroid dienone is 1. The van der Waals surface area contributed by atoms with Gasteiger partial charge in [0.2, 0.25) is 0 Å². The molecule has 0 atom stereocenters. The summed E-state index contributed by atoms with van der Waals surface area (Å²) in [6.07, 6.45) is 5.91. The van der Waals surface area contributed by atoms with E-state index in [4.69, 9.17) is 0 Å². The van der Waals surface area contributed by atoms with Crippen LogP contribution in [0.4, 0.5) is 0 Å². The van der Waals surface area contributed by atoms with Crippen LogP contribution < -0.4 is 0 Å². The van der Waals surface area contributed by atoms with Crippen molar-refractivity contribution in [2.45, 2.75) is 13.8 Å². The van der Waals surface area contributed by atoms with Crippen molar-refractivity contribution in [2.75, 3.05) is 0 Å². The standard InChI is InChI=1S/C9H11N/c1-3-4-9-5-6-10-8(2)7-9/h3-7H,1-2H3/b4-3+. The molecule has 0 spiro atoms. The summed E-state index contributed by atoms with van der Waals surface area (Å²) in [5, 5.41) is 0. The van der Waals surface area contributed by atoms with Crippen LogP contribution in [-0.4, -0.2) is 4.98 Å². The minimum absolute atomic E-state index is 1.07. The third kappa shape index (κ3) is 1.69. The number of pyridine rings is 1. The van der Waals surface area contributed by atoms with Gasteiger partial charge in [0.1, 0.15) is 0 Å². The molecule has 1 aromatic rings. The lowest BCUT2D eigenvalue weighted by Crippen LogP contribution is -1.79. The van der Waals surface area contributed by atoms with Gasteiger partial charge in [-0.15, -0.1) is 0 Å². The molecule has 0 bridgehead atoms. The number of rotatable bonds is 1. The van der Waals surface area contributed by atoms with Gasteiger partial charge in [-0.1, -0.05) is 12.2 Å². The van der Waals surface area contributed by atoms with E-state index in [1.807, 2.05) is 32.2 Å². The first-order valence-corrected chi connectivity index (χ1v) is 3.38. The second-order valence-electron chi connectivity index (χ2n) is 2.23. The summed E-state index contributed by atoms with van der Waals surface area (Å²) in [6, 6.07) is 4.05. The van der Waals surface area contributed by atoms with Gasteiger partial charge in [0, 0.05) is 11.9 Å². The Labute approximate surface area is 61.4 Å². The summed E-state index contributed by atoms with van der Waals surface area (Å²) >= 11 is 0. The molecule has 0 fully saturated rings. The summed E-state index contributed by atoms with van der Waals surface area (Å²) < 4.78 is 0. The molecular weight excluding hydrogens is 122 g/mol. The van der Waals surface area contributed by atoms with Gasteiger partial charge in [-0.3, -0.25) is 4.98 Å². The zero-order valence-electron chi connectivity index (χ0n) is 6.33. The molecule has 0 unspecified atom stereocenters. The van der Waals surface area contributed by atoms with E-state index >= 15 is 0 Å². The number of aromatic nitrogens is 1. The molecule has 0 aliphatic heterocycles. The molecule has 0 saturated heterocycles. The lowest BCUT2D eigenvalue weighted by Gasteiger charge is -1.92. The average Bonchev–Trinajstić information content (AvgIpc) is 1.88. The van der Waals surface area contributed by atoms with Crippen LogP contribution in [0.1, 0.15) is 18.2 Å². The molecule has 1 aromatic heterocycles. The minimum Gasteiger partial charge on any atom is -0.262 e. The predicted molar refractivity (Wildman–Crippen MR) is 43.7 cm³/mol. The fourth-order valence-electron chi connectivity index (χ4n) is 0.864. The summed E-state index contributed by atoms with van der Waals surface area (Å²) in [5.41, 5.74) is 2.28. The third-order valence-corrected chi connectivity index (χ3v) is 1.28. The maximum Gasteiger partial charge on any atom is 0.0378 e. The third-order valence-electron chi connectivity index (χ3n) is 1.28. The number of nitrogens with zero attached hydrogens (tertiary/aromatic N) is 1. The van der Waals surface area contributed by atoms with Gasteiger partial charge >= 0.3 is 0 Å². The Morgan fingerprint density at radius 3 is 2.90 bits per heavy atom. The Hall–Kier alpha value is -1.11. The number of hydrogen-bond donors (Lipinski definition) is 0. The van der Waals surface area contributed by atoms with Crippen molar-refractivity contribution in [1.29, 1.82) is 0 Å². The Morgan fingerprint density at radius 2 is 2.30 bits per heavy atom. The zero-order chi connectivity index (χ0) is 7.40. The van der Waals surface area contributed by atoms with Crippen molar-refractivity contribution >= 4 is 6.08 Å². The molecule has 0 N–H and O–H groups in total. The van der Waals surface area contributed by atoms with Crippen LogP contribution in [0.2, 0.25) is 0 Å². The van der Waals surface area contributed by atoms with E-state index < -0.39 is 0 Å². The maximum absolute atomic E-state index is 4.09. The van der Waals surface area contributed by atoms with E-state index in [-0.39, 0.29) is 0 Å². The normalized spacial score (nSPS) is 10.6. The highest BCUT2D eigenvalue weighted by Gasteiger charge is 1.85. The van der Waals surface area contributed by atoms with Gasteiger partial charge in [0.15, 0.2) is 0 Å². The van der Waals surface area contributed by atoms with Crippen molar-refractivity contribution in [3.05, 3.63) is 35.7 Å². The molecule has 1 nitrogen and oxygen atoms in total. The van der Waals surface area contributed by atoms with Crippen molar-refractivity contribution in [2.24, 2.45) is 0 Å². The molecule has 0 aromatic carbocycles. The highest BCUT2D eigenvalue weighted by molar-refractivity contribution is 5.48.